The first-order valence-electron chi connectivity index (χ1n) is 5.32. The average molecular weight is 251 g/mol. The van der Waals surface area contributed by atoms with Gasteiger partial charge in [-0.3, -0.25) is 9.79 Å². The van der Waals surface area contributed by atoms with Gasteiger partial charge in [-0.25, -0.2) is 0 Å². The molecule has 3 nitrogen and oxygen atoms in total. The molecule has 0 fully saturated rings. The maximum atomic E-state index is 11.5. The molecule has 92 valence electrons. The second-order valence-electron chi connectivity index (χ2n) is 4.49. The zero-order valence-electron chi connectivity index (χ0n) is 10.6. The van der Waals surface area contributed by atoms with Crippen molar-refractivity contribution < 1.29 is 9.53 Å². The Balaban J connectivity index is 2.61. The molecule has 0 bridgehead atoms. The summed E-state index contributed by atoms with van der Waals surface area (Å²) >= 11 is 1.27. The van der Waals surface area contributed by atoms with Crippen LogP contribution >= 0.6 is 11.8 Å². The Morgan fingerprint density at radius 2 is 1.88 bits per heavy atom. The summed E-state index contributed by atoms with van der Waals surface area (Å²) in [6.45, 7) is 5.99. The van der Waals surface area contributed by atoms with Crippen molar-refractivity contribution in [2.45, 2.75) is 25.5 Å². The highest BCUT2D eigenvalue weighted by atomic mass is 32.2. The van der Waals surface area contributed by atoms with Gasteiger partial charge in [0.05, 0.1) is 19.0 Å². The van der Waals surface area contributed by atoms with Crippen LogP contribution in [-0.2, 0) is 4.79 Å². The minimum Gasteiger partial charge on any atom is -0.497 e. The van der Waals surface area contributed by atoms with Gasteiger partial charge in [0.25, 0.3) is 0 Å². The molecule has 0 N–H and O–H groups in total. The Morgan fingerprint density at radius 1 is 1.29 bits per heavy atom. The first kappa shape index (κ1) is 13.8. The van der Waals surface area contributed by atoms with E-state index in [-0.39, 0.29) is 9.86 Å². The highest BCUT2D eigenvalue weighted by Gasteiger charge is 2.14. The third-order valence-corrected chi connectivity index (χ3v) is 2.72. The van der Waals surface area contributed by atoms with Gasteiger partial charge in [0.2, 0.25) is 5.12 Å². The average Bonchev–Trinajstić information content (AvgIpc) is 2.25. The molecule has 17 heavy (non-hydrogen) atoms. The van der Waals surface area contributed by atoms with E-state index in [1.165, 1.54) is 18.0 Å². The Morgan fingerprint density at radius 3 is 2.35 bits per heavy atom. The van der Waals surface area contributed by atoms with Crippen LogP contribution in [0.1, 0.15) is 20.8 Å². The van der Waals surface area contributed by atoms with Gasteiger partial charge < -0.3 is 4.74 Å². The van der Waals surface area contributed by atoms with E-state index in [4.69, 9.17) is 4.74 Å². The van der Waals surface area contributed by atoms with E-state index in [0.29, 0.717) is 0 Å². The third kappa shape index (κ3) is 5.54. The first-order chi connectivity index (χ1) is 7.90. The van der Waals surface area contributed by atoms with Crippen molar-refractivity contribution in [2.24, 2.45) is 4.99 Å². The molecule has 0 aromatic heterocycles. The van der Waals surface area contributed by atoms with Crippen LogP contribution in [0.15, 0.2) is 29.3 Å². The van der Waals surface area contributed by atoms with E-state index in [1.807, 2.05) is 45.0 Å². The number of hydrogen-bond acceptors (Lipinski definition) is 4. The van der Waals surface area contributed by atoms with Gasteiger partial charge in [-0.1, -0.05) is 32.5 Å². The minimum atomic E-state index is -0.0803. The Hall–Kier alpha value is -1.29. The van der Waals surface area contributed by atoms with Crippen LogP contribution in [0.4, 0.5) is 5.69 Å². The van der Waals surface area contributed by atoms with Gasteiger partial charge >= 0.3 is 0 Å². The molecule has 0 atom stereocenters. The largest absolute Gasteiger partial charge is 0.497 e. The number of carbonyl (C=O) groups excluding carboxylic acids is 1. The molecule has 0 aliphatic heterocycles. The van der Waals surface area contributed by atoms with Gasteiger partial charge in [-0.15, -0.1) is 0 Å². The molecular formula is C13H17NO2S. The standard InChI is InChI=1S/C13H17NO2S/c1-13(2,3)17-12(15)9-14-10-5-7-11(16-4)8-6-10/h5-9H,1-4H3. The molecule has 0 saturated heterocycles. The number of methoxy groups -OCH3 is 1. The molecular weight excluding hydrogens is 234 g/mol. The number of ether oxygens (including phenoxy) is 1. The van der Waals surface area contributed by atoms with E-state index in [1.54, 1.807) is 7.11 Å². The summed E-state index contributed by atoms with van der Waals surface area (Å²) in [6.07, 6.45) is 1.36. The summed E-state index contributed by atoms with van der Waals surface area (Å²) in [5.41, 5.74) is 0.744. The van der Waals surface area contributed by atoms with Gasteiger partial charge in [-0.2, -0.15) is 0 Å². The predicted octanol–water partition coefficient (Wildman–Crippen LogP) is 3.46. The molecule has 0 radical (unpaired) electrons. The highest BCUT2D eigenvalue weighted by molar-refractivity contribution is 8.16. The maximum absolute atomic E-state index is 11.5. The smallest absolute Gasteiger partial charge is 0.230 e. The highest BCUT2D eigenvalue weighted by Crippen LogP contribution is 2.23. The molecule has 1 aromatic rings. The fraction of sp³-hybridized carbons (Fsp3) is 0.385. The zero-order chi connectivity index (χ0) is 12.9. The number of hydrogen-bond donors (Lipinski definition) is 0. The van der Waals surface area contributed by atoms with Crippen LogP contribution < -0.4 is 4.74 Å². The van der Waals surface area contributed by atoms with E-state index in [9.17, 15) is 4.79 Å². The topological polar surface area (TPSA) is 38.7 Å². The van der Waals surface area contributed by atoms with Crippen molar-refractivity contribution in [1.29, 1.82) is 0 Å². The fourth-order valence-corrected chi connectivity index (χ4v) is 1.83. The summed E-state index contributed by atoms with van der Waals surface area (Å²) in [5, 5.41) is -0.0340. The monoisotopic (exact) mass is 251 g/mol. The van der Waals surface area contributed by atoms with Gasteiger partial charge in [0.1, 0.15) is 5.75 Å². The number of rotatable bonds is 3. The maximum Gasteiger partial charge on any atom is 0.230 e. The van der Waals surface area contributed by atoms with Crippen LogP contribution in [-0.4, -0.2) is 23.2 Å². The van der Waals surface area contributed by atoms with Crippen molar-refractivity contribution in [1.82, 2.24) is 0 Å². The van der Waals surface area contributed by atoms with E-state index in [0.717, 1.165) is 11.4 Å². The van der Waals surface area contributed by atoms with Crippen molar-refractivity contribution >= 4 is 28.8 Å². The Bertz CT molecular complexity index is 404. The Labute approximate surface area is 106 Å². The number of thioether (sulfide) groups is 1. The lowest BCUT2D eigenvalue weighted by Gasteiger charge is -2.13. The van der Waals surface area contributed by atoms with Crippen LogP contribution in [0.2, 0.25) is 0 Å². The summed E-state index contributed by atoms with van der Waals surface area (Å²) in [6, 6.07) is 7.25. The molecule has 1 rings (SSSR count). The van der Waals surface area contributed by atoms with Crippen molar-refractivity contribution in [3.63, 3.8) is 0 Å². The van der Waals surface area contributed by atoms with Crippen LogP contribution in [0.3, 0.4) is 0 Å². The second kappa shape index (κ2) is 5.87. The first-order valence-corrected chi connectivity index (χ1v) is 6.13. The number of benzene rings is 1. The number of carbonyl (C=O) groups is 1. The van der Waals surface area contributed by atoms with Crippen LogP contribution in [0.5, 0.6) is 5.75 Å². The van der Waals surface area contributed by atoms with Crippen LogP contribution in [0, 0.1) is 0 Å². The fourth-order valence-electron chi connectivity index (χ4n) is 1.12. The van der Waals surface area contributed by atoms with Crippen molar-refractivity contribution in [2.75, 3.05) is 7.11 Å². The molecule has 0 aliphatic carbocycles. The van der Waals surface area contributed by atoms with Crippen molar-refractivity contribution in [3.05, 3.63) is 24.3 Å². The molecule has 0 unspecified atom stereocenters. The molecule has 0 heterocycles. The lowest BCUT2D eigenvalue weighted by atomic mass is 10.3. The lowest BCUT2D eigenvalue weighted by molar-refractivity contribution is -0.105. The van der Waals surface area contributed by atoms with E-state index >= 15 is 0 Å². The summed E-state index contributed by atoms with van der Waals surface area (Å²) < 4.78 is 4.96. The Kier molecular flexibility index (Phi) is 4.75. The molecule has 0 amide bonds. The quantitative estimate of drug-likeness (QED) is 0.772. The van der Waals surface area contributed by atoms with Crippen molar-refractivity contribution in [3.8, 4) is 5.75 Å². The van der Waals surface area contributed by atoms with E-state index in [2.05, 4.69) is 4.99 Å². The SMILES string of the molecule is COc1ccc(N=CC(=O)SC(C)(C)C)cc1. The molecule has 1 aromatic carbocycles. The zero-order valence-corrected chi connectivity index (χ0v) is 11.4. The van der Waals surface area contributed by atoms with Crippen LogP contribution in [0.25, 0.3) is 0 Å². The van der Waals surface area contributed by atoms with Gasteiger partial charge in [-0.05, 0) is 24.3 Å². The third-order valence-electron chi connectivity index (χ3n) is 1.80. The molecule has 0 spiro atoms. The number of nitrogens with zero attached hydrogens (tertiary/aromatic N) is 1. The lowest BCUT2D eigenvalue weighted by Crippen LogP contribution is -2.12. The van der Waals surface area contributed by atoms with Gasteiger partial charge in [0.15, 0.2) is 0 Å². The molecule has 0 saturated carbocycles. The molecule has 4 heteroatoms. The van der Waals surface area contributed by atoms with E-state index < -0.39 is 0 Å². The minimum absolute atomic E-state index is 0.0340. The predicted molar refractivity (Wildman–Crippen MR) is 73.5 cm³/mol. The molecule has 0 aliphatic rings. The summed E-state index contributed by atoms with van der Waals surface area (Å²) in [7, 11) is 1.61. The number of aliphatic imine (C=N–C) groups is 1. The summed E-state index contributed by atoms with van der Waals surface area (Å²) in [5.74, 6) is 0.777. The normalized spacial score (nSPS) is 11.8. The summed E-state index contributed by atoms with van der Waals surface area (Å²) in [4.78, 5) is 15.7. The second-order valence-corrected chi connectivity index (χ2v) is 6.32. The van der Waals surface area contributed by atoms with Gasteiger partial charge in [0, 0.05) is 4.75 Å².